The first-order valence-electron chi connectivity index (χ1n) is 8.13. The Bertz CT molecular complexity index is 702. The molecule has 2 aromatic heterocycles. The maximum absolute atomic E-state index is 12.1. The van der Waals surface area contributed by atoms with Gasteiger partial charge in [0.1, 0.15) is 5.82 Å². The molecule has 0 spiro atoms. The number of rotatable bonds is 3. The predicted octanol–water partition coefficient (Wildman–Crippen LogP) is 3.02. The fourth-order valence-corrected chi connectivity index (χ4v) is 3.23. The fraction of sp³-hybridized carbons (Fsp3) is 0.471. The molecule has 3 heterocycles. The van der Waals surface area contributed by atoms with Gasteiger partial charge in [-0.15, -0.1) is 0 Å². The molecule has 1 amide bonds. The quantitative estimate of drug-likeness (QED) is 0.947. The number of aromatic nitrogens is 3. The molecule has 0 bridgehead atoms. The number of pyridine rings is 1. The molecule has 1 fully saturated rings. The van der Waals surface area contributed by atoms with Crippen LogP contribution < -0.4 is 5.32 Å². The van der Waals surface area contributed by atoms with Gasteiger partial charge in [-0.25, -0.2) is 4.98 Å². The maximum Gasteiger partial charge on any atom is 0.228 e. The van der Waals surface area contributed by atoms with E-state index in [0.717, 1.165) is 37.8 Å². The van der Waals surface area contributed by atoms with Crippen LogP contribution in [0.15, 0.2) is 24.5 Å². The van der Waals surface area contributed by atoms with Gasteiger partial charge in [-0.3, -0.25) is 9.48 Å². The van der Waals surface area contributed by atoms with Crippen LogP contribution in [-0.2, 0) is 17.8 Å². The summed E-state index contributed by atoms with van der Waals surface area (Å²) in [5, 5.41) is 7.43. The fourth-order valence-electron chi connectivity index (χ4n) is 3.23. The van der Waals surface area contributed by atoms with Crippen molar-refractivity contribution in [2.75, 3.05) is 5.32 Å². The summed E-state index contributed by atoms with van der Waals surface area (Å²) in [4.78, 5) is 16.3. The summed E-state index contributed by atoms with van der Waals surface area (Å²) in [7, 11) is 0. The zero-order valence-corrected chi connectivity index (χ0v) is 12.6. The molecule has 1 aliphatic heterocycles. The van der Waals surface area contributed by atoms with E-state index in [4.69, 9.17) is 0 Å². The number of amides is 1. The van der Waals surface area contributed by atoms with E-state index in [1.165, 1.54) is 24.1 Å². The highest BCUT2D eigenvalue weighted by atomic mass is 16.2. The van der Waals surface area contributed by atoms with Crippen molar-refractivity contribution in [1.82, 2.24) is 14.8 Å². The van der Waals surface area contributed by atoms with Gasteiger partial charge in [-0.2, -0.15) is 5.10 Å². The molecular formula is C17H20N4O. The third-order valence-electron chi connectivity index (χ3n) is 4.78. The van der Waals surface area contributed by atoms with E-state index in [9.17, 15) is 4.79 Å². The zero-order chi connectivity index (χ0) is 14.9. The van der Waals surface area contributed by atoms with Crippen molar-refractivity contribution < 1.29 is 4.79 Å². The number of carbonyl (C=O) groups is 1. The monoisotopic (exact) mass is 296 g/mol. The Morgan fingerprint density at radius 2 is 2.18 bits per heavy atom. The van der Waals surface area contributed by atoms with Gasteiger partial charge in [0.25, 0.3) is 0 Å². The van der Waals surface area contributed by atoms with Crippen molar-refractivity contribution in [3.05, 3.63) is 30.2 Å². The number of fused-ring (bicyclic) bond motifs is 1. The number of carbonyl (C=O) groups excluding carboxylic acids is 1. The van der Waals surface area contributed by atoms with Crippen LogP contribution in [0.25, 0.3) is 11.1 Å². The second kappa shape index (κ2) is 5.55. The van der Waals surface area contributed by atoms with Crippen LogP contribution in [0.1, 0.15) is 37.8 Å². The van der Waals surface area contributed by atoms with Crippen LogP contribution in [0.5, 0.6) is 0 Å². The summed E-state index contributed by atoms with van der Waals surface area (Å²) in [5.74, 6) is 0.924. The van der Waals surface area contributed by atoms with Crippen molar-refractivity contribution in [3.8, 4) is 11.1 Å². The lowest BCUT2D eigenvalue weighted by atomic mass is 9.85. The molecule has 2 aromatic rings. The lowest BCUT2D eigenvalue weighted by molar-refractivity contribution is -0.122. The Balaban J connectivity index is 1.59. The molecule has 0 unspecified atom stereocenters. The highest BCUT2D eigenvalue weighted by Crippen LogP contribution is 2.30. The number of anilines is 1. The number of nitrogens with one attached hydrogen (secondary N) is 1. The summed E-state index contributed by atoms with van der Waals surface area (Å²) < 4.78 is 2.10. The summed E-state index contributed by atoms with van der Waals surface area (Å²) in [5.41, 5.74) is 3.55. The van der Waals surface area contributed by atoms with Crippen LogP contribution in [-0.4, -0.2) is 20.7 Å². The van der Waals surface area contributed by atoms with Crippen LogP contribution in [0.3, 0.4) is 0 Å². The molecule has 1 aliphatic carbocycles. The standard InChI is InChI=1S/C17H20N4O/c22-17(12-4-3-5-12)20-16-10-13(7-8-18-16)14-11-19-21-9-2-1-6-15(14)21/h7-8,10-12H,1-6,9H2,(H,18,20,22). The van der Waals surface area contributed by atoms with Crippen molar-refractivity contribution >= 4 is 11.7 Å². The molecule has 1 N–H and O–H groups in total. The normalized spacial score (nSPS) is 17.6. The molecule has 0 radical (unpaired) electrons. The molecule has 1 saturated carbocycles. The molecule has 5 nitrogen and oxygen atoms in total. The Morgan fingerprint density at radius 1 is 1.27 bits per heavy atom. The molecule has 0 atom stereocenters. The number of hydrogen-bond acceptors (Lipinski definition) is 3. The van der Waals surface area contributed by atoms with E-state index in [-0.39, 0.29) is 11.8 Å². The highest BCUT2D eigenvalue weighted by molar-refractivity contribution is 5.92. The second-order valence-corrected chi connectivity index (χ2v) is 6.23. The SMILES string of the molecule is O=C(Nc1cc(-c2cnn3c2CCCC3)ccn1)C1CCC1. The minimum Gasteiger partial charge on any atom is -0.310 e. The molecule has 0 aromatic carbocycles. The Hall–Kier alpha value is -2.17. The van der Waals surface area contributed by atoms with Gasteiger partial charge < -0.3 is 5.32 Å². The van der Waals surface area contributed by atoms with E-state index in [2.05, 4.69) is 20.1 Å². The molecule has 4 rings (SSSR count). The van der Waals surface area contributed by atoms with Crippen LogP contribution in [0, 0.1) is 5.92 Å². The zero-order valence-electron chi connectivity index (χ0n) is 12.6. The number of nitrogens with zero attached hydrogens (tertiary/aromatic N) is 3. The summed E-state index contributed by atoms with van der Waals surface area (Å²) in [6.07, 6.45) is 10.4. The summed E-state index contributed by atoms with van der Waals surface area (Å²) >= 11 is 0. The lowest BCUT2D eigenvalue weighted by Crippen LogP contribution is -2.28. The van der Waals surface area contributed by atoms with Crippen molar-refractivity contribution in [1.29, 1.82) is 0 Å². The molecule has 0 saturated heterocycles. The maximum atomic E-state index is 12.1. The Kier molecular flexibility index (Phi) is 3.41. The minimum absolute atomic E-state index is 0.105. The van der Waals surface area contributed by atoms with Crippen molar-refractivity contribution in [2.45, 2.75) is 45.1 Å². The molecular weight excluding hydrogens is 276 g/mol. The second-order valence-electron chi connectivity index (χ2n) is 6.23. The molecule has 22 heavy (non-hydrogen) atoms. The van der Waals surface area contributed by atoms with Crippen molar-refractivity contribution in [2.24, 2.45) is 5.92 Å². The van der Waals surface area contributed by atoms with Gasteiger partial charge in [0.15, 0.2) is 0 Å². The third-order valence-corrected chi connectivity index (χ3v) is 4.78. The average Bonchev–Trinajstić information content (AvgIpc) is 2.89. The first-order valence-corrected chi connectivity index (χ1v) is 8.13. The average molecular weight is 296 g/mol. The highest BCUT2D eigenvalue weighted by Gasteiger charge is 2.25. The first-order chi connectivity index (χ1) is 10.8. The predicted molar refractivity (Wildman–Crippen MR) is 84.4 cm³/mol. The Labute approximate surface area is 129 Å². The molecule has 5 heteroatoms. The summed E-state index contributed by atoms with van der Waals surface area (Å²) in [6.45, 7) is 1.01. The van der Waals surface area contributed by atoms with Gasteiger partial charge in [0.2, 0.25) is 5.91 Å². The third kappa shape index (κ3) is 2.40. The first kappa shape index (κ1) is 13.5. The topological polar surface area (TPSA) is 59.8 Å². The van der Waals surface area contributed by atoms with Gasteiger partial charge in [-0.1, -0.05) is 6.42 Å². The van der Waals surface area contributed by atoms with Crippen LogP contribution >= 0.6 is 0 Å². The van der Waals surface area contributed by atoms with Gasteiger partial charge >= 0.3 is 0 Å². The van der Waals surface area contributed by atoms with Crippen LogP contribution in [0.2, 0.25) is 0 Å². The van der Waals surface area contributed by atoms with E-state index in [1.807, 2.05) is 18.3 Å². The smallest absolute Gasteiger partial charge is 0.228 e. The minimum atomic E-state index is 0.105. The largest absolute Gasteiger partial charge is 0.310 e. The molecule has 2 aliphatic rings. The van der Waals surface area contributed by atoms with Gasteiger partial charge in [0, 0.05) is 29.9 Å². The van der Waals surface area contributed by atoms with E-state index in [1.54, 1.807) is 6.20 Å². The van der Waals surface area contributed by atoms with E-state index < -0.39 is 0 Å². The summed E-state index contributed by atoms with van der Waals surface area (Å²) in [6, 6.07) is 3.95. The van der Waals surface area contributed by atoms with Crippen LogP contribution in [0.4, 0.5) is 5.82 Å². The Morgan fingerprint density at radius 3 is 3.00 bits per heavy atom. The number of hydrogen-bond donors (Lipinski definition) is 1. The van der Waals surface area contributed by atoms with Crippen molar-refractivity contribution in [3.63, 3.8) is 0 Å². The lowest BCUT2D eigenvalue weighted by Gasteiger charge is -2.23. The van der Waals surface area contributed by atoms with Gasteiger partial charge in [0.05, 0.1) is 6.20 Å². The van der Waals surface area contributed by atoms with Gasteiger partial charge in [-0.05, 0) is 49.8 Å². The van der Waals surface area contributed by atoms with E-state index in [0.29, 0.717) is 5.82 Å². The van der Waals surface area contributed by atoms with E-state index >= 15 is 0 Å². The number of aryl methyl sites for hydroxylation is 1. The molecule has 114 valence electrons.